The lowest BCUT2D eigenvalue weighted by atomic mass is 10.1. The third-order valence-electron chi connectivity index (χ3n) is 2.77. The van der Waals surface area contributed by atoms with Crippen molar-refractivity contribution in [2.75, 3.05) is 13.2 Å². The van der Waals surface area contributed by atoms with E-state index in [0.717, 1.165) is 17.7 Å². The van der Waals surface area contributed by atoms with Crippen LogP contribution in [0.1, 0.15) is 25.0 Å². The molecule has 1 rings (SSSR count). The number of rotatable bonds is 7. The van der Waals surface area contributed by atoms with Crippen molar-refractivity contribution in [1.29, 1.82) is 0 Å². The zero-order valence-corrected chi connectivity index (χ0v) is 12.7. The number of hydrogen-bond acceptors (Lipinski definition) is 4. The Hall–Kier alpha value is -2.08. The maximum atomic E-state index is 11.4. The predicted octanol–water partition coefficient (Wildman–Crippen LogP) is 1.31. The van der Waals surface area contributed by atoms with Gasteiger partial charge in [-0.3, -0.25) is 10.1 Å². The van der Waals surface area contributed by atoms with E-state index in [4.69, 9.17) is 10.5 Å². The van der Waals surface area contributed by atoms with Gasteiger partial charge in [0, 0.05) is 12.1 Å². The molecule has 116 valence electrons. The predicted molar refractivity (Wildman–Crippen MR) is 80.9 cm³/mol. The van der Waals surface area contributed by atoms with Gasteiger partial charge in [0.2, 0.25) is 0 Å². The van der Waals surface area contributed by atoms with Crippen LogP contribution in [0.15, 0.2) is 18.2 Å². The second kappa shape index (κ2) is 8.26. The highest BCUT2D eigenvalue weighted by Gasteiger charge is 2.10. The summed E-state index contributed by atoms with van der Waals surface area (Å²) < 4.78 is 5.53. The van der Waals surface area contributed by atoms with Crippen LogP contribution < -0.4 is 21.1 Å². The summed E-state index contributed by atoms with van der Waals surface area (Å²) in [6, 6.07) is 4.92. The van der Waals surface area contributed by atoms with Crippen LogP contribution in [-0.4, -0.2) is 25.1 Å². The third-order valence-corrected chi connectivity index (χ3v) is 2.77. The number of nitrogens with one attached hydrogen (secondary N) is 2. The van der Waals surface area contributed by atoms with E-state index in [2.05, 4.69) is 19.2 Å². The average molecular weight is 293 g/mol. The van der Waals surface area contributed by atoms with Crippen molar-refractivity contribution in [3.8, 4) is 5.75 Å². The molecule has 1 aromatic carbocycles. The second-order valence-corrected chi connectivity index (χ2v) is 5.29. The molecule has 0 aliphatic carbocycles. The molecule has 1 aromatic rings. The molecule has 0 heterocycles. The first kappa shape index (κ1) is 17.0. The fourth-order valence-electron chi connectivity index (χ4n) is 1.87. The van der Waals surface area contributed by atoms with Crippen LogP contribution in [0, 0.1) is 12.8 Å². The molecule has 6 nitrogen and oxygen atoms in total. The van der Waals surface area contributed by atoms with Crippen LogP contribution in [0.25, 0.3) is 0 Å². The van der Waals surface area contributed by atoms with Crippen LogP contribution in [0.5, 0.6) is 5.75 Å². The van der Waals surface area contributed by atoms with E-state index >= 15 is 0 Å². The zero-order valence-electron chi connectivity index (χ0n) is 12.7. The summed E-state index contributed by atoms with van der Waals surface area (Å²) in [6.07, 6.45) is 0. The molecule has 0 bridgehead atoms. The minimum absolute atomic E-state index is 0.245. The highest BCUT2D eigenvalue weighted by Crippen LogP contribution is 2.23. The van der Waals surface area contributed by atoms with Crippen LogP contribution in [0.4, 0.5) is 4.79 Å². The summed E-state index contributed by atoms with van der Waals surface area (Å²) >= 11 is 0. The number of primary amides is 1. The van der Waals surface area contributed by atoms with Crippen LogP contribution in [-0.2, 0) is 11.3 Å². The Morgan fingerprint density at radius 1 is 1.33 bits per heavy atom. The van der Waals surface area contributed by atoms with Crippen molar-refractivity contribution < 1.29 is 14.3 Å². The van der Waals surface area contributed by atoms with Gasteiger partial charge in [-0.1, -0.05) is 32.0 Å². The Labute approximate surface area is 125 Å². The molecule has 0 radical (unpaired) electrons. The Morgan fingerprint density at radius 3 is 2.67 bits per heavy atom. The number of benzene rings is 1. The van der Waals surface area contributed by atoms with E-state index in [1.807, 2.05) is 30.4 Å². The van der Waals surface area contributed by atoms with Gasteiger partial charge in [-0.05, 0) is 24.9 Å². The molecule has 0 saturated carbocycles. The molecule has 0 fully saturated rings. The number of para-hydroxylation sites is 1. The first-order valence-corrected chi connectivity index (χ1v) is 6.91. The molecule has 0 spiro atoms. The molecule has 4 N–H and O–H groups in total. The molecule has 0 atom stereocenters. The van der Waals surface area contributed by atoms with E-state index in [1.54, 1.807) is 0 Å². The zero-order chi connectivity index (χ0) is 15.8. The molecule has 0 aliphatic heterocycles. The van der Waals surface area contributed by atoms with Gasteiger partial charge in [-0.25, -0.2) is 4.79 Å². The number of amides is 3. The van der Waals surface area contributed by atoms with Gasteiger partial charge in [-0.15, -0.1) is 0 Å². The van der Waals surface area contributed by atoms with Crippen molar-refractivity contribution in [3.05, 3.63) is 29.3 Å². The summed E-state index contributed by atoms with van der Waals surface area (Å²) in [5.74, 6) is 0.653. The van der Waals surface area contributed by atoms with E-state index in [-0.39, 0.29) is 6.61 Å². The van der Waals surface area contributed by atoms with Gasteiger partial charge >= 0.3 is 6.03 Å². The van der Waals surface area contributed by atoms with Gasteiger partial charge < -0.3 is 15.8 Å². The normalized spacial score (nSPS) is 10.5. The number of imide groups is 1. The smallest absolute Gasteiger partial charge is 0.318 e. The van der Waals surface area contributed by atoms with Crippen molar-refractivity contribution >= 4 is 11.9 Å². The Balaban J connectivity index is 2.66. The summed E-state index contributed by atoms with van der Waals surface area (Å²) in [4.78, 5) is 22.0. The Morgan fingerprint density at radius 2 is 2.05 bits per heavy atom. The number of hydrogen-bond donors (Lipinski definition) is 3. The number of carbonyl (C=O) groups is 2. The highest BCUT2D eigenvalue weighted by atomic mass is 16.5. The minimum atomic E-state index is -0.882. The first-order valence-electron chi connectivity index (χ1n) is 6.91. The van der Waals surface area contributed by atoms with E-state index in [1.165, 1.54) is 0 Å². The van der Waals surface area contributed by atoms with E-state index < -0.39 is 11.9 Å². The fraction of sp³-hybridized carbons (Fsp3) is 0.467. The van der Waals surface area contributed by atoms with Crippen LogP contribution in [0.3, 0.4) is 0 Å². The van der Waals surface area contributed by atoms with Gasteiger partial charge in [0.05, 0.1) is 0 Å². The second-order valence-electron chi connectivity index (χ2n) is 5.29. The first-order chi connectivity index (χ1) is 9.90. The molecular formula is C15H23N3O3. The Kier molecular flexibility index (Phi) is 6.68. The Bertz CT molecular complexity index is 501. The van der Waals surface area contributed by atoms with Crippen molar-refractivity contribution in [2.45, 2.75) is 27.3 Å². The van der Waals surface area contributed by atoms with Crippen molar-refractivity contribution in [1.82, 2.24) is 10.6 Å². The monoisotopic (exact) mass is 293 g/mol. The molecule has 0 unspecified atom stereocenters. The summed E-state index contributed by atoms with van der Waals surface area (Å²) in [6.45, 7) is 7.49. The summed E-state index contributed by atoms with van der Waals surface area (Å²) in [7, 11) is 0. The van der Waals surface area contributed by atoms with E-state index in [9.17, 15) is 9.59 Å². The van der Waals surface area contributed by atoms with E-state index in [0.29, 0.717) is 18.2 Å². The maximum absolute atomic E-state index is 11.4. The SMILES string of the molecule is Cc1cccc(CNCC(C)C)c1OCC(=O)NC(N)=O. The number of nitrogens with two attached hydrogens (primary N) is 1. The number of urea groups is 1. The molecule has 6 heteroatoms. The molecule has 0 aromatic heterocycles. The molecule has 21 heavy (non-hydrogen) atoms. The van der Waals surface area contributed by atoms with Gasteiger partial charge in [0.1, 0.15) is 5.75 Å². The molecule has 0 saturated heterocycles. The number of ether oxygens (including phenoxy) is 1. The average Bonchev–Trinajstić information content (AvgIpc) is 2.36. The minimum Gasteiger partial charge on any atom is -0.483 e. The molecular weight excluding hydrogens is 270 g/mol. The lowest BCUT2D eigenvalue weighted by molar-refractivity contribution is -0.121. The van der Waals surface area contributed by atoms with Crippen LogP contribution in [0.2, 0.25) is 0 Å². The maximum Gasteiger partial charge on any atom is 0.318 e. The van der Waals surface area contributed by atoms with Crippen molar-refractivity contribution in [2.24, 2.45) is 11.7 Å². The number of aryl methyl sites for hydroxylation is 1. The van der Waals surface area contributed by atoms with Gasteiger partial charge in [-0.2, -0.15) is 0 Å². The fourth-order valence-corrected chi connectivity index (χ4v) is 1.87. The lowest BCUT2D eigenvalue weighted by Gasteiger charge is -2.15. The summed E-state index contributed by atoms with van der Waals surface area (Å²) in [5, 5.41) is 5.30. The highest BCUT2D eigenvalue weighted by molar-refractivity contribution is 5.94. The topological polar surface area (TPSA) is 93.4 Å². The standard InChI is InChI=1S/C15H23N3O3/c1-10(2)7-17-8-12-6-4-5-11(3)14(12)21-9-13(19)18-15(16)20/h4-6,10,17H,7-9H2,1-3H3,(H3,16,18,19,20). The quantitative estimate of drug-likeness (QED) is 0.706. The largest absolute Gasteiger partial charge is 0.483 e. The van der Waals surface area contributed by atoms with Crippen molar-refractivity contribution in [3.63, 3.8) is 0 Å². The lowest BCUT2D eigenvalue weighted by Crippen LogP contribution is -2.38. The molecule has 0 aliphatic rings. The third kappa shape index (κ3) is 6.27. The van der Waals surface area contributed by atoms with Gasteiger partial charge in [0.15, 0.2) is 6.61 Å². The summed E-state index contributed by atoms with van der Waals surface area (Å²) in [5.41, 5.74) is 6.79. The van der Waals surface area contributed by atoms with Gasteiger partial charge in [0.25, 0.3) is 5.91 Å². The van der Waals surface area contributed by atoms with Crippen LogP contribution >= 0.6 is 0 Å². The molecule has 3 amide bonds. The number of carbonyl (C=O) groups excluding carboxylic acids is 2.